The molecule has 72 heavy (non-hydrogen) atoms. The molecule has 7 rings (SSSR count). The first-order valence-corrected chi connectivity index (χ1v) is 25.8. The standard InChI is InChI=1S/C57H76N8O7/c1-12-63-47-23-22-41-32-44(47)45(52(63)43-21-16-26-58-50(43)38(4)71-11)33-56(5,6)36-72-55(70)42-20-17-29-65(59-34-42)54(69)46(31-39-18-15-19-40(41)30-39)60-53(68)51(37(2)3)64-28-14-13-27-62(35-49(64)67)48(66)24-25-57(7,8)61(9)10/h15-16,18-19,21-23,26,30,32,37-38,42,46,51,59H,12-14,17,20,27-29,31,33-36H2,1-11H3,(H,60,68)/t38-,42+,46-,51?/m0/s1. The third-order valence-electron chi connectivity index (χ3n) is 14.8. The Bertz CT molecular complexity index is 2710. The number of benzene rings is 2. The summed E-state index contributed by atoms with van der Waals surface area (Å²) in [7, 11) is 5.48. The second-order valence-corrected chi connectivity index (χ2v) is 21.6. The average Bonchev–Trinajstić information content (AvgIpc) is 3.45. The molecule has 5 heterocycles. The Kier molecular flexibility index (Phi) is 17.0. The lowest BCUT2D eigenvalue weighted by molar-refractivity contribution is -0.152. The maximum absolute atomic E-state index is 14.9. The number of aryl methyl sites for hydroxylation is 1. The molecule has 3 aliphatic rings. The number of fused-ring (bicyclic) bond motifs is 7. The fraction of sp³-hybridized carbons (Fsp3) is 0.544. The smallest absolute Gasteiger partial charge is 0.310 e. The molecule has 15 nitrogen and oxygen atoms in total. The lowest BCUT2D eigenvalue weighted by Crippen LogP contribution is -2.60. The number of methoxy groups -OCH3 is 1. The zero-order chi connectivity index (χ0) is 52.1. The lowest BCUT2D eigenvalue weighted by Gasteiger charge is -2.37. The molecule has 2 aromatic carbocycles. The zero-order valence-electron chi connectivity index (χ0n) is 44.4. The number of carbonyl (C=O) groups excluding carboxylic acids is 5. The summed E-state index contributed by atoms with van der Waals surface area (Å²) in [4.78, 5) is 81.1. The van der Waals surface area contributed by atoms with Crippen LogP contribution in [0.25, 0.3) is 33.3 Å². The molecule has 4 atom stereocenters. The van der Waals surface area contributed by atoms with Gasteiger partial charge >= 0.3 is 5.97 Å². The molecule has 0 saturated carbocycles. The normalized spacial score (nSPS) is 20.2. The van der Waals surface area contributed by atoms with Crippen LogP contribution in [0.3, 0.4) is 0 Å². The first kappa shape index (κ1) is 53.7. The maximum Gasteiger partial charge on any atom is 0.310 e. The van der Waals surface area contributed by atoms with E-state index < -0.39 is 40.8 Å². The van der Waals surface area contributed by atoms with Gasteiger partial charge in [-0.3, -0.25) is 38.9 Å². The van der Waals surface area contributed by atoms with Crippen molar-refractivity contribution in [3.8, 4) is 34.2 Å². The first-order chi connectivity index (χ1) is 34.2. The number of hydrazine groups is 1. The van der Waals surface area contributed by atoms with Gasteiger partial charge in [0.25, 0.3) is 11.8 Å². The Labute approximate surface area is 426 Å². The highest BCUT2D eigenvalue weighted by molar-refractivity contribution is 5.98. The van der Waals surface area contributed by atoms with Crippen LogP contribution < -0.4 is 10.7 Å². The molecular weight excluding hydrogens is 909 g/mol. The van der Waals surface area contributed by atoms with Gasteiger partial charge in [-0.05, 0) is 132 Å². The second-order valence-electron chi connectivity index (χ2n) is 21.6. The van der Waals surface area contributed by atoms with E-state index >= 15 is 0 Å². The van der Waals surface area contributed by atoms with Crippen molar-refractivity contribution < 1.29 is 33.4 Å². The van der Waals surface area contributed by atoms with Gasteiger partial charge in [0, 0.05) is 74.3 Å². The number of hydrogen-bond acceptors (Lipinski definition) is 10. The molecule has 2 N–H and O–H groups in total. The topological polar surface area (TPSA) is 159 Å². The predicted molar refractivity (Wildman–Crippen MR) is 280 cm³/mol. The van der Waals surface area contributed by atoms with Crippen molar-refractivity contribution in [3.63, 3.8) is 0 Å². The van der Waals surface area contributed by atoms with Gasteiger partial charge in [0.1, 0.15) is 18.6 Å². The van der Waals surface area contributed by atoms with Gasteiger partial charge < -0.3 is 29.2 Å². The lowest BCUT2D eigenvalue weighted by atomic mass is 9.84. The van der Waals surface area contributed by atoms with Crippen molar-refractivity contribution in [2.75, 3.05) is 60.5 Å². The molecule has 6 bridgehead atoms. The third-order valence-corrected chi connectivity index (χ3v) is 14.8. The molecule has 2 aromatic heterocycles. The number of esters is 1. The molecule has 2 fully saturated rings. The van der Waals surface area contributed by atoms with Gasteiger partial charge in [0.15, 0.2) is 0 Å². The van der Waals surface area contributed by atoms with Gasteiger partial charge in [-0.15, -0.1) is 0 Å². The number of hydrogen-bond donors (Lipinski definition) is 2. The number of ether oxygens (including phenoxy) is 2. The summed E-state index contributed by atoms with van der Waals surface area (Å²) < 4.78 is 14.4. The van der Waals surface area contributed by atoms with Gasteiger partial charge in [0.05, 0.1) is 35.6 Å². The van der Waals surface area contributed by atoms with Crippen LogP contribution in [0.1, 0.15) is 104 Å². The van der Waals surface area contributed by atoms with E-state index in [1.807, 2.05) is 71.8 Å². The maximum atomic E-state index is 14.9. The van der Waals surface area contributed by atoms with Crippen molar-refractivity contribution in [2.24, 2.45) is 17.3 Å². The average molecular weight is 985 g/mol. The summed E-state index contributed by atoms with van der Waals surface area (Å²) in [5, 5.41) is 5.73. The van der Waals surface area contributed by atoms with Crippen molar-refractivity contribution >= 4 is 40.5 Å². The van der Waals surface area contributed by atoms with Crippen LogP contribution in [0.15, 0.2) is 60.8 Å². The van der Waals surface area contributed by atoms with Crippen LogP contribution >= 0.6 is 0 Å². The van der Waals surface area contributed by atoms with Gasteiger partial charge in [-0.2, -0.15) is 0 Å². The van der Waals surface area contributed by atoms with Crippen LogP contribution in [-0.4, -0.2) is 137 Å². The highest BCUT2D eigenvalue weighted by atomic mass is 16.5. The van der Waals surface area contributed by atoms with E-state index in [2.05, 4.69) is 84.3 Å². The fourth-order valence-corrected chi connectivity index (χ4v) is 10.1. The minimum absolute atomic E-state index is 0.157. The van der Waals surface area contributed by atoms with Gasteiger partial charge in [0.2, 0.25) is 11.8 Å². The first-order valence-electron chi connectivity index (χ1n) is 25.8. The van der Waals surface area contributed by atoms with E-state index in [4.69, 9.17) is 14.5 Å². The molecule has 4 amide bonds. The van der Waals surface area contributed by atoms with Crippen LogP contribution in [0.5, 0.6) is 0 Å². The van der Waals surface area contributed by atoms with Crippen molar-refractivity contribution in [1.29, 1.82) is 0 Å². The molecule has 0 spiro atoms. The van der Waals surface area contributed by atoms with E-state index in [1.165, 1.54) is 9.91 Å². The Morgan fingerprint density at radius 2 is 1.75 bits per heavy atom. The SMILES string of the molecule is CCn1c(-c2cccnc2[C@H](C)OC)c2c3cc(ccc31)-c1cccc(c1)C[C@H](NC(=O)C(C(C)C)N1CCCCN(C(=O)C#CC(C)(C)N(C)C)CC1=O)C(=O)N1CCC[C@H](CN1)C(=O)OCC(C)(C)C2. The van der Waals surface area contributed by atoms with Crippen LogP contribution in [0.4, 0.5) is 0 Å². The van der Waals surface area contributed by atoms with E-state index in [9.17, 15) is 24.0 Å². The number of nitrogens with zero attached hydrogens (tertiary/aromatic N) is 6. The summed E-state index contributed by atoms with van der Waals surface area (Å²) in [6, 6.07) is 16.7. The summed E-state index contributed by atoms with van der Waals surface area (Å²) in [6.07, 6.45) is 4.55. The highest BCUT2D eigenvalue weighted by Gasteiger charge is 2.39. The summed E-state index contributed by atoms with van der Waals surface area (Å²) in [6.45, 7) is 17.9. The quantitative estimate of drug-likeness (QED) is 0.135. The number of nitrogens with one attached hydrogen (secondary N) is 2. The van der Waals surface area contributed by atoms with E-state index in [0.29, 0.717) is 58.3 Å². The zero-order valence-corrected chi connectivity index (χ0v) is 44.4. The van der Waals surface area contributed by atoms with Crippen molar-refractivity contribution in [2.45, 2.75) is 124 Å². The van der Waals surface area contributed by atoms with Gasteiger partial charge in [-0.25, -0.2) is 5.43 Å². The summed E-state index contributed by atoms with van der Waals surface area (Å²) in [5.74, 6) is 3.05. The van der Waals surface area contributed by atoms with E-state index in [1.54, 1.807) is 18.2 Å². The molecule has 0 aliphatic carbocycles. The largest absolute Gasteiger partial charge is 0.465 e. The number of pyridine rings is 1. The Balaban J connectivity index is 1.27. The molecule has 0 radical (unpaired) electrons. The molecule has 2 saturated heterocycles. The fourth-order valence-electron chi connectivity index (χ4n) is 10.1. The number of carbonyl (C=O) groups is 5. The predicted octanol–water partition coefficient (Wildman–Crippen LogP) is 6.81. The van der Waals surface area contributed by atoms with Crippen LogP contribution in [0.2, 0.25) is 0 Å². The van der Waals surface area contributed by atoms with E-state index in [0.717, 1.165) is 50.1 Å². The second kappa shape index (κ2) is 22.8. The number of aromatic nitrogens is 2. The molecule has 3 aliphatic heterocycles. The Morgan fingerprint density at radius 3 is 2.47 bits per heavy atom. The molecule has 1 unspecified atom stereocenters. The Morgan fingerprint density at radius 1 is 1.00 bits per heavy atom. The summed E-state index contributed by atoms with van der Waals surface area (Å²) >= 11 is 0. The molecule has 4 aromatic rings. The van der Waals surface area contributed by atoms with Gasteiger partial charge in [-0.1, -0.05) is 63.9 Å². The third kappa shape index (κ3) is 12.0. The Hall–Kier alpha value is -6.08. The van der Waals surface area contributed by atoms with E-state index in [-0.39, 0.29) is 55.9 Å². The number of cyclic esters (lactones) is 1. The van der Waals surface area contributed by atoms with Crippen molar-refractivity contribution in [1.82, 2.24) is 40.0 Å². The van der Waals surface area contributed by atoms with Crippen molar-refractivity contribution in [3.05, 3.63) is 77.6 Å². The highest BCUT2D eigenvalue weighted by Crippen LogP contribution is 2.42. The molecule has 15 heteroatoms. The molecule has 386 valence electrons. The minimum atomic E-state index is -1.04. The monoisotopic (exact) mass is 985 g/mol. The number of amides is 4. The van der Waals surface area contributed by atoms with Crippen LogP contribution in [-0.2, 0) is 52.8 Å². The summed E-state index contributed by atoms with van der Waals surface area (Å²) in [5.41, 5.74) is 10.1. The number of rotatable bonds is 9. The minimum Gasteiger partial charge on any atom is -0.465 e. The molecular formula is C57H76N8O7. The van der Waals surface area contributed by atoms with Crippen LogP contribution in [0, 0.1) is 29.1 Å².